The first kappa shape index (κ1) is 14.5. The summed E-state index contributed by atoms with van der Waals surface area (Å²) >= 11 is 0. The van der Waals surface area contributed by atoms with Gasteiger partial charge in [0.15, 0.2) is 0 Å². The monoisotopic (exact) mass is 261 g/mol. The minimum absolute atomic E-state index is 0.245. The van der Waals surface area contributed by atoms with Gasteiger partial charge in [0, 0.05) is 23.9 Å². The van der Waals surface area contributed by atoms with Crippen molar-refractivity contribution in [3.63, 3.8) is 0 Å². The van der Waals surface area contributed by atoms with Crippen molar-refractivity contribution >= 4 is 0 Å². The van der Waals surface area contributed by atoms with E-state index in [4.69, 9.17) is 5.73 Å². The van der Waals surface area contributed by atoms with Crippen LogP contribution in [-0.4, -0.2) is 35.6 Å². The topological polar surface area (TPSA) is 42.1 Å². The number of fused-ring (bicyclic) bond motifs is 1. The van der Waals surface area contributed by atoms with E-state index < -0.39 is 0 Å². The van der Waals surface area contributed by atoms with Gasteiger partial charge in [-0.25, -0.2) is 0 Å². The first-order chi connectivity index (χ1) is 9.26. The normalized spacial score (nSPS) is 20.3. The highest BCUT2D eigenvalue weighted by molar-refractivity contribution is 5.27. The molecule has 2 unspecified atom stereocenters. The molecule has 1 aromatic heterocycles. The van der Waals surface area contributed by atoms with Crippen molar-refractivity contribution < 1.29 is 0 Å². The molecule has 1 aromatic rings. The van der Waals surface area contributed by atoms with Gasteiger partial charge in [-0.3, -0.25) is 4.98 Å². The standard InChI is InChI=1S/C16H27N3/c1-3-19(4-2)12-10-15(17)14-9-5-7-13-8-6-11-18-16(13)14/h6,8,11,14-15H,3-5,7,9-10,12,17H2,1-2H3. The molecule has 1 heterocycles. The summed E-state index contributed by atoms with van der Waals surface area (Å²) in [6, 6.07) is 4.50. The average molecular weight is 261 g/mol. The van der Waals surface area contributed by atoms with Crippen molar-refractivity contribution in [3.8, 4) is 0 Å². The molecular weight excluding hydrogens is 234 g/mol. The molecule has 0 bridgehead atoms. The lowest BCUT2D eigenvalue weighted by Crippen LogP contribution is -2.36. The maximum atomic E-state index is 6.45. The van der Waals surface area contributed by atoms with Gasteiger partial charge in [0.1, 0.15) is 0 Å². The van der Waals surface area contributed by atoms with Crippen LogP contribution in [0, 0.1) is 0 Å². The molecule has 0 aliphatic heterocycles. The van der Waals surface area contributed by atoms with Crippen LogP contribution in [0.3, 0.4) is 0 Å². The van der Waals surface area contributed by atoms with Crippen LogP contribution >= 0.6 is 0 Å². The smallest absolute Gasteiger partial charge is 0.0481 e. The number of nitrogens with two attached hydrogens (primary N) is 1. The van der Waals surface area contributed by atoms with Crippen molar-refractivity contribution in [2.24, 2.45) is 5.73 Å². The van der Waals surface area contributed by atoms with E-state index in [9.17, 15) is 0 Å². The predicted octanol–water partition coefficient (Wildman–Crippen LogP) is 2.56. The molecule has 1 aliphatic carbocycles. The number of aromatic nitrogens is 1. The fourth-order valence-corrected chi connectivity index (χ4v) is 3.13. The minimum Gasteiger partial charge on any atom is -0.327 e. The highest BCUT2D eigenvalue weighted by Gasteiger charge is 2.26. The summed E-state index contributed by atoms with van der Waals surface area (Å²) in [7, 11) is 0. The first-order valence-electron chi connectivity index (χ1n) is 7.68. The second-order valence-corrected chi connectivity index (χ2v) is 5.53. The first-order valence-corrected chi connectivity index (χ1v) is 7.68. The Bertz CT molecular complexity index is 387. The summed E-state index contributed by atoms with van der Waals surface area (Å²) < 4.78 is 0. The number of nitrogens with zero attached hydrogens (tertiary/aromatic N) is 2. The molecule has 0 spiro atoms. The van der Waals surface area contributed by atoms with Gasteiger partial charge >= 0.3 is 0 Å². The maximum absolute atomic E-state index is 6.45. The predicted molar refractivity (Wildman–Crippen MR) is 80.3 cm³/mol. The van der Waals surface area contributed by atoms with Gasteiger partial charge in [-0.05, 0) is 56.9 Å². The molecule has 0 amide bonds. The Morgan fingerprint density at radius 2 is 2.21 bits per heavy atom. The van der Waals surface area contributed by atoms with E-state index in [1.54, 1.807) is 0 Å². The van der Waals surface area contributed by atoms with Crippen LogP contribution in [0.4, 0.5) is 0 Å². The molecule has 2 atom stereocenters. The third kappa shape index (κ3) is 3.54. The van der Waals surface area contributed by atoms with E-state index in [0.29, 0.717) is 5.92 Å². The third-order valence-corrected chi connectivity index (χ3v) is 4.43. The van der Waals surface area contributed by atoms with Gasteiger partial charge < -0.3 is 10.6 Å². The number of pyridine rings is 1. The zero-order valence-electron chi connectivity index (χ0n) is 12.3. The largest absolute Gasteiger partial charge is 0.327 e. The van der Waals surface area contributed by atoms with Gasteiger partial charge in [0.25, 0.3) is 0 Å². The summed E-state index contributed by atoms with van der Waals surface area (Å²) in [6.07, 6.45) is 6.60. The quantitative estimate of drug-likeness (QED) is 0.855. The van der Waals surface area contributed by atoms with Gasteiger partial charge in [-0.15, -0.1) is 0 Å². The van der Waals surface area contributed by atoms with Crippen molar-refractivity contribution in [2.45, 2.75) is 51.5 Å². The summed E-state index contributed by atoms with van der Waals surface area (Å²) in [5, 5.41) is 0. The van der Waals surface area contributed by atoms with E-state index in [-0.39, 0.29) is 6.04 Å². The van der Waals surface area contributed by atoms with Crippen LogP contribution < -0.4 is 5.73 Å². The molecule has 0 aromatic carbocycles. The van der Waals surface area contributed by atoms with Crippen LogP contribution in [-0.2, 0) is 6.42 Å². The Morgan fingerprint density at radius 1 is 1.42 bits per heavy atom. The molecule has 106 valence electrons. The Kier molecular flexibility index (Phi) is 5.34. The summed E-state index contributed by atoms with van der Waals surface area (Å²) in [5.74, 6) is 0.459. The van der Waals surface area contributed by atoms with Crippen LogP contribution in [0.25, 0.3) is 0 Å². The molecule has 0 saturated heterocycles. The molecule has 2 N–H and O–H groups in total. The highest BCUT2D eigenvalue weighted by atomic mass is 15.1. The zero-order chi connectivity index (χ0) is 13.7. The van der Waals surface area contributed by atoms with Crippen molar-refractivity contribution in [1.29, 1.82) is 0 Å². The molecule has 0 fully saturated rings. The SMILES string of the molecule is CCN(CC)CCC(N)C1CCCc2cccnc21. The molecule has 19 heavy (non-hydrogen) atoms. The summed E-state index contributed by atoms with van der Waals surface area (Å²) in [6.45, 7) is 7.76. The van der Waals surface area contributed by atoms with E-state index in [0.717, 1.165) is 26.1 Å². The molecule has 3 nitrogen and oxygen atoms in total. The minimum atomic E-state index is 0.245. The average Bonchev–Trinajstić information content (AvgIpc) is 2.47. The Balaban J connectivity index is 1.98. The van der Waals surface area contributed by atoms with Crippen molar-refractivity contribution in [1.82, 2.24) is 9.88 Å². The fraction of sp³-hybridized carbons (Fsp3) is 0.688. The van der Waals surface area contributed by atoms with E-state index in [1.165, 1.54) is 30.5 Å². The van der Waals surface area contributed by atoms with Crippen LogP contribution in [0.5, 0.6) is 0 Å². The number of hydrogen-bond acceptors (Lipinski definition) is 3. The number of aryl methyl sites for hydroxylation is 1. The fourth-order valence-electron chi connectivity index (χ4n) is 3.13. The van der Waals surface area contributed by atoms with E-state index >= 15 is 0 Å². The van der Waals surface area contributed by atoms with Crippen LogP contribution in [0.1, 0.15) is 50.3 Å². The van der Waals surface area contributed by atoms with Crippen molar-refractivity contribution in [3.05, 3.63) is 29.6 Å². The molecular formula is C16H27N3. The Hall–Kier alpha value is -0.930. The zero-order valence-corrected chi connectivity index (χ0v) is 12.3. The van der Waals surface area contributed by atoms with Gasteiger partial charge in [0.05, 0.1) is 0 Å². The van der Waals surface area contributed by atoms with Crippen LogP contribution in [0.2, 0.25) is 0 Å². The molecule has 2 rings (SSSR count). The van der Waals surface area contributed by atoms with Gasteiger partial charge in [0.2, 0.25) is 0 Å². The summed E-state index contributed by atoms with van der Waals surface area (Å²) in [5.41, 5.74) is 9.13. The van der Waals surface area contributed by atoms with Crippen molar-refractivity contribution in [2.75, 3.05) is 19.6 Å². The second-order valence-electron chi connectivity index (χ2n) is 5.53. The van der Waals surface area contributed by atoms with E-state index in [2.05, 4.69) is 29.8 Å². The molecule has 0 saturated carbocycles. The lowest BCUT2D eigenvalue weighted by molar-refractivity contribution is 0.278. The molecule has 0 radical (unpaired) electrons. The maximum Gasteiger partial charge on any atom is 0.0481 e. The number of hydrogen-bond donors (Lipinski definition) is 1. The van der Waals surface area contributed by atoms with E-state index in [1.807, 2.05) is 12.3 Å². The van der Waals surface area contributed by atoms with Gasteiger partial charge in [-0.2, -0.15) is 0 Å². The lowest BCUT2D eigenvalue weighted by Gasteiger charge is -2.30. The Labute approximate surface area is 117 Å². The molecule has 3 heteroatoms. The highest BCUT2D eigenvalue weighted by Crippen LogP contribution is 2.32. The second kappa shape index (κ2) is 7.01. The molecule has 1 aliphatic rings. The third-order valence-electron chi connectivity index (χ3n) is 4.43. The number of rotatable bonds is 6. The Morgan fingerprint density at radius 3 is 2.95 bits per heavy atom. The van der Waals surface area contributed by atoms with Crippen LogP contribution in [0.15, 0.2) is 18.3 Å². The summed E-state index contributed by atoms with van der Waals surface area (Å²) in [4.78, 5) is 7.04. The van der Waals surface area contributed by atoms with Gasteiger partial charge in [-0.1, -0.05) is 19.9 Å². The lowest BCUT2D eigenvalue weighted by atomic mass is 9.81.